The lowest BCUT2D eigenvalue weighted by atomic mass is 10.0. The number of furan rings is 1. The van der Waals surface area contributed by atoms with Crippen LogP contribution in [0.2, 0.25) is 0 Å². The zero-order valence-electron chi connectivity index (χ0n) is 23.3. The Morgan fingerprint density at radius 2 is 1.73 bits per heavy atom. The van der Waals surface area contributed by atoms with Gasteiger partial charge in [0.25, 0.3) is 5.91 Å². The smallest absolute Gasteiger partial charge is 0.417 e. The Morgan fingerprint density at radius 1 is 1.07 bits per heavy atom. The van der Waals surface area contributed by atoms with Crippen LogP contribution in [0.4, 0.5) is 4.79 Å². The first-order chi connectivity index (χ1) is 19.3. The second-order valence-corrected chi connectivity index (χ2v) is 10.9. The number of imide groups is 1. The van der Waals surface area contributed by atoms with Crippen LogP contribution in [0.25, 0.3) is 0 Å². The minimum absolute atomic E-state index is 0.0627. The van der Waals surface area contributed by atoms with Gasteiger partial charge in [-0.2, -0.15) is 0 Å². The summed E-state index contributed by atoms with van der Waals surface area (Å²) in [6.07, 6.45) is 6.35. The third-order valence-electron chi connectivity index (χ3n) is 6.95. The largest absolute Gasteiger partial charge is 0.461 e. The third kappa shape index (κ3) is 9.17. The minimum Gasteiger partial charge on any atom is -0.461 e. The molecule has 10 heteroatoms. The predicted octanol–water partition coefficient (Wildman–Crippen LogP) is 5.91. The van der Waals surface area contributed by atoms with Crippen molar-refractivity contribution in [3.8, 4) is 0 Å². The number of rotatable bonds is 17. The number of ether oxygens (including phenoxy) is 3. The van der Waals surface area contributed by atoms with Crippen molar-refractivity contribution >= 4 is 33.9 Å². The molecule has 0 bridgehead atoms. The molecule has 3 atom stereocenters. The average molecular weight is 623 g/mol. The molecular weight excluding hydrogens is 582 g/mol. The summed E-state index contributed by atoms with van der Waals surface area (Å²) in [6, 6.07) is 10.7. The Morgan fingerprint density at radius 3 is 2.35 bits per heavy atom. The van der Waals surface area contributed by atoms with Gasteiger partial charge in [-0.15, -0.1) is 0 Å². The van der Waals surface area contributed by atoms with Gasteiger partial charge in [0.15, 0.2) is 12.2 Å². The van der Waals surface area contributed by atoms with Gasteiger partial charge >= 0.3 is 12.1 Å². The molecule has 1 aliphatic heterocycles. The normalized spacial score (nSPS) is 16.6. The fourth-order valence-corrected chi connectivity index (χ4v) is 5.41. The zero-order valence-corrected chi connectivity index (χ0v) is 24.9. The molecule has 9 nitrogen and oxygen atoms in total. The third-order valence-corrected chi connectivity index (χ3v) is 7.62. The van der Waals surface area contributed by atoms with E-state index in [9.17, 15) is 14.4 Å². The molecule has 220 valence electrons. The van der Waals surface area contributed by atoms with Gasteiger partial charge in [-0.1, -0.05) is 68.9 Å². The van der Waals surface area contributed by atoms with Gasteiger partial charge in [-0.25, -0.2) is 9.69 Å². The molecule has 1 aliphatic rings. The van der Waals surface area contributed by atoms with Crippen molar-refractivity contribution in [1.82, 2.24) is 4.90 Å². The highest BCUT2D eigenvalue weighted by atomic mass is 79.9. The van der Waals surface area contributed by atoms with Gasteiger partial charge in [0.1, 0.15) is 18.1 Å². The first kappa shape index (κ1) is 31.8. The number of nitrogens with zero attached hydrogens (tertiary/aromatic N) is 1. The van der Waals surface area contributed by atoms with Gasteiger partial charge in [-0.3, -0.25) is 9.59 Å². The zero-order chi connectivity index (χ0) is 28.9. The van der Waals surface area contributed by atoms with Crippen LogP contribution in [0.1, 0.15) is 81.5 Å². The SMILES string of the molecule is CO[C@H](C(=O)N1C(=O)OC[C@@H]1Cc1ccccc1)[C@H](OC(C)=O)c1cc(Br)c(CCCCCCCCCCO)o1. The second kappa shape index (κ2) is 16.5. The topological polar surface area (TPSA) is 116 Å². The molecule has 1 aromatic carbocycles. The van der Waals surface area contributed by atoms with E-state index in [1.54, 1.807) is 6.07 Å². The van der Waals surface area contributed by atoms with E-state index in [0.717, 1.165) is 55.4 Å². The lowest BCUT2D eigenvalue weighted by molar-refractivity contribution is -0.164. The first-order valence-corrected chi connectivity index (χ1v) is 14.8. The molecule has 0 radical (unpaired) electrons. The van der Waals surface area contributed by atoms with E-state index in [1.165, 1.54) is 20.5 Å². The van der Waals surface area contributed by atoms with Crippen molar-refractivity contribution in [2.24, 2.45) is 0 Å². The highest BCUT2D eigenvalue weighted by Gasteiger charge is 2.45. The van der Waals surface area contributed by atoms with Crippen molar-refractivity contribution in [2.75, 3.05) is 20.3 Å². The van der Waals surface area contributed by atoms with Gasteiger partial charge in [0, 0.05) is 27.1 Å². The van der Waals surface area contributed by atoms with E-state index < -0.39 is 36.2 Å². The van der Waals surface area contributed by atoms with Crippen molar-refractivity contribution < 1.29 is 38.1 Å². The maximum atomic E-state index is 13.7. The summed E-state index contributed by atoms with van der Waals surface area (Å²) in [4.78, 5) is 39.4. The predicted molar refractivity (Wildman–Crippen MR) is 152 cm³/mol. The molecule has 2 amide bonds. The van der Waals surface area contributed by atoms with E-state index in [-0.39, 0.29) is 19.0 Å². The second-order valence-electron chi connectivity index (χ2n) is 10.0. The average Bonchev–Trinajstić information content (AvgIpc) is 3.49. The minimum atomic E-state index is -1.32. The number of methoxy groups -OCH3 is 1. The molecule has 1 aromatic heterocycles. The summed E-state index contributed by atoms with van der Waals surface area (Å²) in [7, 11) is 1.33. The molecule has 1 N–H and O–H groups in total. The van der Waals surface area contributed by atoms with Crippen molar-refractivity contribution in [1.29, 1.82) is 0 Å². The number of unbranched alkanes of at least 4 members (excludes halogenated alkanes) is 7. The molecule has 40 heavy (non-hydrogen) atoms. The fourth-order valence-electron chi connectivity index (χ4n) is 4.90. The summed E-state index contributed by atoms with van der Waals surface area (Å²) in [5.74, 6) is -0.323. The van der Waals surface area contributed by atoms with Crippen LogP contribution in [0.3, 0.4) is 0 Å². The monoisotopic (exact) mass is 621 g/mol. The van der Waals surface area contributed by atoms with Crippen molar-refractivity contribution in [2.45, 2.75) is 89.4 Å². The summed E-state index contributed by atoms with van der Waals surface area (Å²) in [5.41, 5.74) is 0.954. The highest BCUT2D eigenvalue weighted by Crippen LogP contribution is 2.33. The maximum Gasteiger partial charge on any atom is 0.417 e. The number of hydrogen-bond donors (Lipinski definition) is 1. The number of cyclic esters (lactones) is 1. The molecular formula is C30H40BrNO8. The quantitative estimate of drug-likeness (QED) is 0.171. The fraction of sp³-hybridized carbons (Fsp3) is 0.567. The van der Waals surface area contributed by atoms with Crippen LogP contribution in [0, 0.1) is 0 Å². The molecule has 2 aromatic rings. The summed E-state index contributed by atoms with van der Waals surface area (Å²) in [6.45, 7) is 1.57. The number of carbonyl (C=O) groups excluding carboxylic acids is 3. The van der Waals surface area contributed by atoms with Crippen LogP contribution < -0.4 is 0 Å². The number of aryl methyl sites for hydroxylation is 1. The summed E-state index contributed by atoms with van der Waals surface area (Å²) < 4.78 is 23.1. The van der Waals surface area contributed by atoms with E-state index in [0.29, 0.717) is 23.1 Å². The molecule has 0 unspecified atom stereocenters. The van der Waals surface area contributed by atoms with Gasteiger partial charge in [-0.05, 0) is 46.8 Å². The molecule has 1 saturated heterocycles. The van der Waals surface area contributed by atoms with E-state index >= 15 is 0 Å². The Hall–Kier alpha value is -2.69. The number of carbonyl (C=O) groups is 3. The summed E-state index contributed by atoms with van der Waals surface area (Å²) in [5, 5.41) is 8.86. The van der Waals surface area contributed by atoms with Crippen molar-refractivity contribution in [3.63, 3.8) is 0 Å². The Bertz CT molecular complexity index is 1090. The summed E-state index contributed by atoms with van der Waals surface area (Å²) >= 11 is 3.54. The molecule has 3 rings (SSSR count). The Balaban J connectivity index is 1.67. The van der Waals surface area contributed by atoms with Crippen LogP contribution >= 0.6 is 15.9 Å². The van der Waals surface area contributed by atoms with Crippen molar-refractivity contribution in [3.05, 3.63) is 58.0 Å². The molecule has 0 saturated carbocycles. The number of halogens is 1. The number of esters is 1. The molecule has 0 spiro atoms. The lowest BCUT2D eigenvalue weighted by Gasteiger charge is -2.28. The number of aliphatic hydroxyl groups is 1. The van der Waals surface area contributed by atoms with Crippen LogP contribution in [-0.4, -0.2) is 60.4 Å². The van der Waals surface area contributed by atoms with E-state index in [4.69, 9.17) is 23.7 Å². The van der Waals surface area contributed by atoms with Crippen LogP contribution in [0.15, 0.2) is 45.3 Å². The molecule has 2 heterocycles. The van der Waals surface area contributed by atoms with Crippen LogP contribution in [0.5, 0.6) is 0 Å². The van der Waals surface area contributed by atoms with Gasteiger partial charge in [0.05, 0.1) is 10.5 Å². The highest BCUT2D eigenvalue weighted by molar-refractivity contribution is 9.10. The molecule has 1 fully saturated rings. The number of benzene rings is 1. The maximum absolute atomic E-state index is 13.7. The van der Waals surface area contributed by atoms with Gasteiger partial charge < -0.3 is 23.7 Å². The standard InChI is InChI=1S/C30H40BrNO8/c1-21(34)39-27(26-19-24(31)25(40-26)16-12-7-5-3-4-6-8-13-17-33)28(37-2)29(35)32-23(20-38-30(32)36)18-22-14-10-9-11-15-22/h9-11,14-15,19,23,27-28,33H,3-8,12-13,16-18,20H2,1-2H3/t23-,27+,28-/m0/s1. The van der Waals surface area contributed by atoms with E-state index in [1.807, 2.05) is 30.3 Å². The number of hydrogen-bond acceptors (Lipinski definition) is 8. The van der Waals surface area contributed by atoms with E-state index in [2.05, 4.69) is 15.9 Å². The Kier molecular flexibility index (Phi) is 13.2. The first-order valence-electron chi connectivity index (χ1n) is 14.0. The number of amides is 2. The van der Waals surface area contributed by atoms with Gasteiger partial charge in [0.2, 0.25) is 0 Å². The Labute approximate surface area is 244 Å². The lowest BCUT2D eigenvalue weighted by Crippen LogP contribution is -2.48. The number of aliphatic hydroxyl groups excluding tert-OH is 1. The van der Waals surface area contributed by atoms with Crippen LogP contribution in [-0.2, 0) is 36.6 Å². The molecule has 0 aliphatic carbocycles.